The molecule has 2 nitrogen and oxygen atoms in total. The molecular weight excluding hydrogens is 198 g/mol. The predicted octanol–water partition coefficient (Wildman–Crippen LogP) is 3.85. The molecule has 78 valence electrons. The standard InChI is InChI=1S/C14H11NO/c1-10-5-4-8-13-11(10)9-15-12-6-2-3-7-14(12)16-13/h2-9H,1H3. The zero-order chi connectivity index (χ0) is 11.0. The molecule has 1 heterocycles. The molecule has 0 aromatic heterocycles. The van der Waals surface area contributed by atoms with Gasteiger partial charge in [-0.05, 0) is 30.7 Å². The van der Waals surface area contributed by atoms with E-state index in [1.165, 1.54) is 5.56 Å². The van der Waals surface area contributed by atoms with E-state index < -0.39 is 0 Å². The largest absolute Gasteiger partial charge is 0.454 e. The number of hydrogen-bond acceptors (Lipinski definition) is 2. The van der Waals surface area contributed by atoms with Crippen LogP contribution < -0.4 is 4.74 Å². The first-order chi connectivity index (χ1) is 7.84. The molecule has 0 fully saturated rings. The third kappa shape index (κ3) is 1.39. The highest BCUT2D eigenvalue weighted by molar-refractivity contribution is 5.89. The van der Waals surface area contributed by atoms with E-state index in [2.05, 4.69) is 18.0 Å². The van der Waals surface area contributed by atoms with E-state index in [0.717, 1.165) is 22.7 Å². The topological polar surface area (TPSA) is 21.6 Å². The van der Waals surface area contributed by atoms with Crippen molar-refractivity contribution in [2.75, 3.05) is 0 Å². The first kappa shape index (κ1) is 9.16. The van der Waals surface area contributed by atoms with Crippen molar-refractivity contribution >= 4 is 11.9 Å². The average molecular weight is 209 g/mol. The molecule has 2 heteroatoms. The Hall–Kier alpha value is -2.09. The van der Waals surface area contributed by atoms with Gasteiger partial charge in [0.15, 0.2) is 5.75 Å². The van der Waals surface area contributed by atoms with Crippen molar-refractivity contribution in [2.24, 2.45) is 4.99 Å². The van der Waals surface area contributed by atoms with E-state index in [1.54, 1.807) is 0 Å². The van der Waals surface area contributed by atoms with E-state index in [1.807, 2.05) is 42.6 Å². The average Bonchev–Trinajstić information content (AvgIpc) is 2.48. The van der Waals surface area contributed by atoms with Gasteiger partial charge in [-0.25, -0.2) is 0 Å². The van der Waals surface area contributed by atoms with Gasteiger partial charge >= 0.3 is 0 Å². The number of rotatable bonds is 0. The molecule has 1 aliphatic heterocycles. The van der Waals surface area contributed by atoms with E-state index in [4.69, 9.17) is 4.74 Å². The monoisotopic (exact) mass is 209 g/mol. The maximum absolute atomic E-state index is 5.86. The van der Waals surface area contributed by atoms with Crippen molar-refractivity contribution in [1.29, 1.82) is 0 Å². The van der Waals surface area contributed by atoms with Gasteiger partial charge in [-0.2, -0.15) is 0 Å². The lowest BCUT2D eigenvalue weighted by atomic mass is 10.1. The van der Waals surface area contributed by atoms with Crippen LogP contribution in [0, 0.1) is 6.92 Å². The van der Waals surface area contributed by atoms with Crippen LogP contribution in [0.3, 0.4) is 0 Å². The quantitative estimate of drug-likeness (QED) is 0.551. The molecule has 0 radical (unpaired) electrons. The van der Waals surface area contributed by atoms with Crippen LogP contribution in [0.15, 0.2) is 47.5 Å². The summed E-state index contributed by atoms with van der Waals surface area (Å²) in [5.74, 6) is 1.68. The Kier molecular flexibility index (Phi) is 2.00. The van der Waals surface area contributed by atoms with Crippen molar-refractivity contribution in [3.05, 3.63) is 53.6 Å². The summed E-state index contributed by atoms with van der Waals surface area (Å²) >= 11 is 0. The second-order valence-electron chi connectivity index (χ2n) is 3.81. The van der Waals surface area contributed by atoms with Crippen LogP contribution >= 0.6 is 0 Å². The Morgan fingerprint density at radius 2 is 1.75 bits per heavy atom. The Morgan fingerprint density at radius 1 is 0.938 bits per heavy atom. The molecule has 2 aromatic rings. The zero-order valence-electron chi connectivity index (χ0n) is 8.97. The van der Waals surface area contributed by atoms with Crippen molar-refractivity contribution in [3.63, 3.8) is 0 Å². The fraction of sp³-hybridized carbons (Fsp3) is 0.0714. The normalized spacial score (nSPS) is 12.3. The first-order valence-corrected chi connectivity index (χ1v) is 5.25. The van der Waals surface area contributed by atoms with E-state index >= 15 is 0 Å². The minimum Gasteiger partial charge on any atom is -0.454 e. The number of para-hydroxylation sites is 2. The van der Waals surface area contributed by atoms with Gasteiger partial charge in [-0.3, -0.25) is 4.99 Å². The van der Waals surface area contributed by atoms with Gasteiger partial charge in [0.1, 0.15) is 11.4 Å². The highest BCUT2D eigenvalue weighted by atomic mass is 16.5. The summed E-state index contributed by atoms with van der Waals surface area (Å²) < 4.78 is 5.86. The molecule has 0 bridgehead atoms. The molecule has 1 aliphatic rings. The van der Waals surface area contributed by atoms with Crippen LogP contribution in [0.25, 0.3) is 0 Å². The van der Waals surface area contributed by atoms with Gasteiger partial charge in [0.2, 0.25) is 0 Å². The summed E-state index contributed by atoms with van der Waals surface area (Å²) in [6, 6.07) is 13.8. The third-order valence-electron chi connectivity index (χ3n) is 2.70. The third-order valence-corrected chi connectivity index (χ3v) is 2.70. The van der Waals surface area contributed by atoms with Crippen molar-refractivity contribution in [3.8, 4) is 11.5 Å². The lowest BCUT2D eigenvalue weighted by Crippen LogP contribution is -1.90. The second kappa shape index (κ2) is 3.49. The minimum absolute atomic E-state index is 0.808. The van der Waals surface area contributed by atoms with E-state index in [0.29, 0.717) is 0 Å². The van der Waals surface area contributed by atoms with Gasteiger partial charge in [0.05, 0.1) is 0 Å². The van der Waals surface area contributed by atoms with E-state index in [9.17, 15) is 0 Å². The molecule has 2 aromatic carbocycles. The summed E-state index contributed by atoms with van der Waals surface area (Å²) in [5, 5.41) is 0. The Morgan fingerprint density at radius 3 is 2.69 bits per heavy atom. The van der Waals surface area contributed by atoms with Crippen molar-refractivity contribution in [2.45, 2.75) is 6.92 Å². The summed E-state index contributed by atoms with van der Waals surface area (Å²) in [7, 11) is 0. The molecule has 0 aliphatic carbocycles. The predicted molar refractivity (Wildman–Crippen MR) is 64.9 cm³/mol. The molecule has 0 N–H and O–H groups in total. The number of nitrogens with zero attached hydrogens (tertiary/aromatic N) is 1. The lowest BCUT2D eigenvalue weighted by molar-refractivity contribution is 0.484. The Balaban J connectivity index is 2.21. The molecule has 16 heavy (non-hydrogen) atoms. The number of aliphatic imine (C=N–C) groups is 1. The smallest absolute Gasteiger partial charge is 0.153 e. The molecule has 0 unspecified atom stereocenters. The Bertz CT molecular complexity index is 573. The van der Waals surface area contributed by atoms with Crippen LogP contribution in [0.5, 0.6) is 11.5 Å². The number of benzene rings is 2. The van der Waals surface area contributed by atoms with Crippen LogP contribution in [-0.4, -0.2) is 6.21 Å². The van der Waals surface area contributed by atoms with Gasteiger partial charge in [0.25, 0.3) is 0 Å². The van der Waals surface area contributed by atoms with Gasteiger partial charge in [0, 0.05) is 11.8 Å². The van der Waals surface area contributed by atoms with Crippen molar-refractivity contribution in [1.82, 2.24) is 0 Å². The molecule has 0 atom stereocenters. The molecule has 0 spiro atoms. The van der Waals surface area contributed by atoms with Crippen molar-refractivity contribution < 1.29 is 4.74 Å². The summed E-state index contributed by atoms with van der Waals surface area (Å²) in [6.45, 7) is 2.06. The van der Waals surface area contributed by atoms with Gasteiger partial charge < -0.3 is 4.74 Å². The maximum atomic E-state index is 5.86. The second-order valence-corrected chi connectivity index (χ2v) is 3.81. The summed E-state index contributed by atoms with van der Waals surface area (Å²) in [4.78, 5) is 4.44. The fourth-order valence-electron chi connectivity index (χ4n) is 1.81. The lowest BCUT2D eigenvalue weighted by Gasteiger charge is -2.08. The molecular formula is C14H11NO. The summed E-state index contributed by atoms with van der Waals surface area (Å²) in [5.41, 5.74) is 3.10. The van der Waals surface area contributed by atoms with Gasteiger partial charge in [-0.1, -0.05) is 24.3 Å². The maximum Gasteiger partial charge on any atom is 0.153 e. The first-order valence-electron chi connectivity index (χ1n) is 5.25. The SMILES string of the molecule is Cc1cccc2c1C=Nc1ccccc1O2. The number of fused-ring (bicyclic) bond motifs is 2. The summed E-state index contributed by atoms with van der Waals surface area (Å²) in [6.07, 6.45) is 1.87. The van der Waals surface area contributed by atoms with E-state index in [-0.39, 0.29) is 0 Å². The molecule has 3 rings (SSSR count). The minimum atomic E-state index is 0.808. The van der Waals surface area contributed by atoms with Crippen LogP contribution in [-0.2, 0) is 0 Å². The van der Waals surface area contributed by atoms with Gasteiger partial charge in [-0.15, -0.1) is 0 Å². The molecule has 0 saturated carbocycles. The fourth-order valence-corrected chi connectivity index (χ4v) is 1.81. The highest BCUT2D eigenvalue weighted by Gasteiger charge is 2.11. The molecule has 0 saturated heterocycles. The Labute approximate surface area is 94.2 Å². The van der Waals surface area contributed by atoms with Crippen LogP contribution in [0.1, 0.15) is 11.1 Å². The van der Waals surface area contributed by atoms with Crippen LogP contribution in [0.2, 0.25) is 0 Å². The number of ether oxygens (including phenoxy) is 1. The highest BCUT2D eigenvalue weighted by Crippen LogP contribution is 2.36. The number of hydrogen-bond donors (Lipinski definition) is 0. The zero-order valence-corrected chi connectivity index (χ0v) is 8.97. The number of aryl methyl sites for hydroxylation is 1. The van der Waals surface area contributed by atoms with Crippen LogP contribution in [0.4, 0.5) is 5.69 Å². The molecule has 0 amide bonds.